The smallest absolute Gasteiger partial charge is 0.407 e. The first-order chi connectivity index (χ1) is 7.13. The van der Waals surface area contributed by atoms with Crippen molar-refractivity contribution in [3.63, 3.8) is 0 Å². The summed E-state index contributed by atoms with van der Waals surface area (Å²) in [4.78, 5) is 23.0. The molecule has 6 heteroatoms. The highest BCUT2D eigenvalue weighted by atomic mass is 16.6. The Morgan fingerprint density at radius 1 is 1.44 bits per heavy atom. The van der Waals surface area contributed by atoms with Crippen molar-refractivity contribution in [2.45, 2.75) is 39.3 Å². The van der Waals surface area contributed by atoms with Crippen LogP contribution in [0, 0.1) is 0 Å². The Labute approximate surface area is 95.6 Å². The van der Waals surface area contributed by atoms with Crippen molar-refractivity contribution in [2.75, 3.05) is 13.6 Å². The standard InChI is InChI=1S/C10H20N2O4/c1-7(12(5)9(14)15)6-11-8(13)16-10(2,3)4/h7H,6H2,1-5H3,(H,11,13)(H,14,15)/t7-/m0/s1. The Morgan fingerprint density at radius 3 is 2.31 bits per heavy atom. The summed E-state index contributed by atoms with van der Waals surface area (Å²) in [6.07, 6.45) is -1.57. The molecule has 0 saturated heterocycles. The minimum absolute atomic E-state index is 0.220. The van der Waals surface area contributed by atoms with Crippen LogP contribution >= 0.6 is 0 Å². The maximum atomic E-state index is 11.3. The molecule has 16 heavy (non-hydrogen) atoms. The van der Waals surface area contributed by atoms with E-state index in [0.717, 1.165) is 4.90 Å². The van der Waals surface area contributed by atoms with Crippen molar-refractivity contribution < 1.29 is 19.4 Å². The lowest BCUT2D eigenvalue weighted by atomic mass is 10.2. The molecule has 0 bridgehead atoms. The van der Waals surface area contributed by atoms with Gasteiger partial charge in [-0.2, -0.15) is 0 Å². The third-order valence-corrected chi connectivity index (χ3v) is 1.90. The lowest BCUT2D eigenvalue weighted by Gasteiger charge is -2.24. The third-order valence-electron chi connectivity index (χ3n) is 1.90. The van der Waals surface area contributed by atoms with E-state index >= 15 is 0 Å². The second kappa shape index (κ2) is 5.58. The largest absolute Gasteiger partial charge is 0.465 e. The van der Waals surface area contributed by atoms with Gasteiger partial charge in [0.15, 0.2) is 0 Å². The van der Waals surface area contributed by atoms with Gasteiger partial charge in [0.25, 0.3) is 0 Å². The zero-order chi connectivity index (χ0) is 12.9. The maximum Gasteiger partial charge on any atom is 0.407 e. The molecule has 1 atom stereocenters. The van der Waals surface area contributed by atoms with Crippen LogP contribution in [0.5, 0.6) is 0 Å². The van der Waals surface area contributed by atoms with Crippen LogP contribution in [-0.4, -0.2) is 47.4 Å². The zero-order valence-corrected chi connectivity index (χ0v) is 10.4. The summed E-state index contributed by atoms with van der Waals surface area (Å²) < 4.78 is 5.01. The number of carbonyl (C=O) groups is 2. The zero-order valence-electron chi connectivity index (χ0n) is 10.4. The number of hydrogen-bond donors (Lipinski definition) is 2. The lowest BCUT2D eigenvalue weighted by Crippen LogP contribution is -2.43. The minimum atomic E-state index is -1.03. The van der Waals surface area contributed by atoms with Gasteiger partial charge in [-0.15, -0.1) is 0 Å². The highest BCUT2D eigenvalue weighted by molar-refractivity contribution is 5.68. The number of rotatable bonds is 3. The van der Waals surface area contributed by atoms with E-state index < -0.39 is 17.8 Å². The summed E-state index contributed by atoms with van der Waals surface area (Å²) in [7, 11) is 1.45. The Kier molecular flexibility index (Phi) is 5.07. The van der Waals surface area contributed by atoms with Gasteiger partial charge in [-0.3, -0.25) is 0 Å². The Morgan fingerprint density at radius 2 is 1.94 bits per heavy atom. The fourth-order valence-electron chi connectivity index (χ4n) is 0.871. The van der Waals surface area contributed by atoms with Gasteiger partial charge in [0.05, 0.1) is 0 Å². The van der Waals surface area contributed by atoms with Crippen molar-refractivity contribution in [1.29, 1.82) is 0 Å². The number of likely N-dealkylation sites (N-methyl/N-ethyl adjacent to an activating group) is 1. The van der Waals surface area contributed by atoms with E-state index in [1.165, 1.54) is 7.05 Å². The van der Waals surface area contributed by atoms with Crippen LogP contribution in [0.1, 0.15) is 27.7 Å². The van der Waals surface area contributed by atoms with E-state index in [4.69, 9.17) is 9.84 Å². The van der Waals surface area contributed by atoms with Crippen LogP contribution in [-0.2, 0) is 4.74 Å². The summed E-state index contributed by atoms with van der Waals surface area (Å²) in [6, 6.07) is -0.301. The van der Waals surface area contributed by atoms with Crippen molar-refractivity contribution in [1.82, 2.24) is 10.2 Å². The van der Waals surface area contributed by atoms with Gasteiger partial charge in [0, 0.05) is 19.6 Å². The molecule has 6 nitrogen and oxygen atoms in total. The van der Waals surface area contributed by atoms with E-state index in [1.54, 1.807) is 27.7 Å². The second-order valence-electron chi connectivity index (χ2n) is 4.63. The molecule has 0 radical (unpaired) electrons. The molecule has 0 rings (SSSR count). The van der Waals surface area contributed by atoms with Gasteiger partial charge < -0.3 is 20.1 Å². The molecule has 0 aliphatic rings. The molecular weight excluding hydrogens is 212 g/mol. The molecule has 0 unspecified atom stereocenters. The first-order valence-corrected chi connectivity index (χ1v) is 5.06. The number of carbonyl (C=O) groups excluding carboxylic acids is 1. The fraction of sp³-hybridized carbons (Fsp3) is 0.800. The van der Waals surface area contributed by atoms with E-state index in [0.29, 0.717) is 0 Å². The van der Waals surface area contributed by atoms with Crippen LogP contribution < -0.4 is 5.32 Å². The maximum absolute atomic E-state index is 11.3. The minimum Gasteiger partial charge on any atom is -0.465 e. The van der Waals surface area contributed by atoms with Crippen molar-refractivity contribution in [3.8, 4) is 0 Å². The molecule has 0 fully saturated rings. The molecule has 94 valence electrons. The molecule has 0 aromatic heterocycles. The van der Waals surface area contributed by atoms with Gasteiger partial charge >= 0.3 is 12.2 Å². The summed E-state index contributed by atoms with van der Waals surface area (Å²) in [6.45, 7) is 7.21. The number of nitrogens with one attached hydrogen (secondary N) is 1. The lowest BCUT2D eigenvalue weighted by molar-refractivity contribution is 0.0511. The summed E-state index contributed by atoms with van der Waals surface area (Å²) in [5.74, 6) is 0. The quantitative estimate of drug-likeness (QED) is 0.773. The molecule has 0 aliphatic heterocycles. The third kappa shape index (κ3) is 6.10. The molecule has 0 aromatic carbocycles. The Hall–Kier alpha value is -1.46. The van der Waals surface area contributed by atoms with Gasteiger partial charge in [-0.25, -0.2) is 9.59 Å². The number of amides is 2. The first kappa shape index (κ1) is 14.5. The van der Waals surface area contributed by atoms with E-state index in [9.17, 15) is 9.59 Å². The summed E-state index contributed by atoms with van der Waals surface area (Å²) in [5, 5.41) is 11.2. The van der Waals surface area contributed by atoms with Crippen molar-refractivity contribution >= 4 is 12.2 Å². The molecule has 2 amide bonds. The predicted molar refractivity (Wildman–Crippen MR) is 59.5 cm³/mol. The molecule has 0 heterocycles. The average Bonchev–Trinajstić information content (AvgIpc) is 2.09. The van der Waals surface area contributed by atoms with E-state index in [2.05, 4.69) is 5.32 Å². The molecular formula is C10H20N2O4. The van der Waals surface area contributed by atoms with Crippen LogP contribution in [0.4, 0.5) is 9.59 Å². The predicted octanol–water partition coefficient (Wildman–Crippen LogP) is 1.51. The SMILES string of the molecule is C[C@@H](CNC(=O)OC(C)(C)C)N(C)C(=O)O. The van der Waals surface area contributed by atoms with Crippen molar-refractivity contribution in [3.05, 3.63) is 0 Å². The number of alkyl carbamates (subject to hydrolysis) is 1. The normalized spacial score (nSPS) is 12.8. The number of nitrogens with zero attached hydrogens (tertiary/aromatic N) is 1. The van der Waals surface area contributed by atoms with Gasteiger partial charge in [0.1, 0.15) is 5.60 Å². The average molecular weight is 232 g/mol. The van der Waals surface area contributed by atoms with Crippen LogP contribution in [0.15, 0.2) is 0 Å². The monoisotopic (exact) mass is 232 g/mol. The highest BCUT2D eigenvalue weighted by Crippen LogP contribution is 2.06. The van der Waals surface area contributed by atoms with Crippen LogP contribution in [0.2, 0.25) is 0 Å². The summed E-state index contributed by atoms with van der Waals surface area (Å²) in [5.41, 5.74) is -0.550. The van der Waals surface area contributed by atoms with Crippen LogP contribution in [0.25, 0.3) is 0 Å². The Balaban J connectivity index is 3.97. The number of ether oxygens (including phenoxy) is 1. The number of hydrogen-bond acceptors (Lipinski definition) is 3. The fourth-order valence-corrected chi connectivity index (χ4v) is 0.871. The first-order valence-electron chi connectivity index (χ1n) is 5.06. The van der Waals surface area contributed by atoms with E-state index in [-0.39, 0.29) is 12.6 Å². The van der Waals surface area contributed by atoms with Crippen molar-refractivity contribution in [2.24, 2.45) is 0 Å². The van der Waals surface area contributed by atoms with Gasteiger partial charge in [-0.1, -0.05) is 0 Å². The molecule has 0 aromatic rings. The molecule has 0 aliphatic carbocycles. The summed E-state index contributed by atoms with van der Waals surface area (Å²) >= 11 is 0. The molecule has 2 N–H and O–H groups in total. The van der Waals surface area contributed by atoms with Gasteiger partial charge in [0.2, 0.25) is 0 Å². The second-order valence-corrected chi connectivity index (χ2v) is 4.63. The number of carboxylic acid groups (broad SMARTS) is 1. The topological polar surface area (TPSA) is 78.9 Å². The van der Waals surface area contributed by atoms with Gasteiger partial charge in [-0.05, 0) is 27.7 Å². The highest BCUT2D eigenvalue weighted by Gasteiger charge is 2.18. The van der Waals surface area contributed by atoms with E-state index in [1.807, 2.05) is 0 Å². The molecule has 0 spiro atoms. The van der Waals surface area contributed by atoms with Crippen LogP contribution in [0.3, 0.4) is 0 Å². The molecule has 0 saturated carbocycles. The Bertz CT molecular complexity index is 260.